The topological polar surface area (TPSA) is 50.7 Å². The van der Waals surface area contributed by atoms with Gasteiger partial charge in [0, 0.05) is 26.8 Å². The lowest BCUT2D eigenvalue weighted by Crippen LogP contribution is -2.40. The lowest BCUT2D eigenvalue weighted by Gasteiger charge is -2.24. The second-order valence-corrected chi connectivity index (χ2v) is 4.68. The lowest BCUT2D eigenvalue weighted by molar-refractivity contribution is 0.0116. The molecule has 0 spiro atoms. The third kappa shape index (κ3) is 9.09. The van der Waals surface area contributed by atoms with Gasteiger partial charge in [-0.25, -0.2) is 0 Å². The predicted octanol–water partition coefficient (Wildman–Crippen LogP) is 1.18. The summed E-state index contributed by atoms with van der Waals surface area (Å²) in [6.45, 7) is 8.52. The Bertz CT molecular complexity index is 162. The number of methoxy groups -OCH3 is 1. The molecule has 4 nitrogen and oxygen atoms in total. The maximum absolute atomic E-state index is 9.59. The van der Waals surface area contributed by atoms with Crippen LogP contribution in [0.25, 0.3) is 0 Å². The van der Waals surface area contributed by atoms with Crippen LogP contribution in [0.2, 0.25) is 0 Å². The number of hydrogen-bond acceptors (Lipinski definition) is 4. The van der Waals surface area contributed by atoms with Crippen LogP contribution < -0.4 is 5.32 Å². The molecule has 0 aliphatic rings. The highest BCUT2D eigenvalue weighted by atomic mass is 16.5. The molecule has 0 aliphatic carbocycles. The summed E-state index contributed by atoms with van der Waals surface area (Å²) in [4.78, 5) is 0. The summed E-state index contributed by atoms with van der Waals surface area (Å²) in [6, 6.07) is 0. The van der Waals surface area contributed by atoms with E-state index in [0.29, 0.717) is 13.2 Å². The Labute approximate surface area is 99.3 Å². The molecule has 0 aromatic rings. The fourth-order valence-corrected chi connectivity index (χ4v) is 1.14. The highest BCUT2D eigenvalue weighted by Gasteiger charge is 2.16. The van der Waals surface area contributed by atoms with E-state index in [1.165, 1.54) is 0 Å². The lowest BCUT2D eigenvalue weighted by atomic mass is 10.1. The number of nitrogens with one attached hydrogen (secondary N) is 1. The van der Waals surface area contributed by atoms with Crippen LogP contribution in [0.5, 0.6) is 0 Å². The maximum Gasteiger partial charge on any atom is 0.0897 e. The molecule has 0 bridgehead atoms. The molecule has 0 fully saturated rings. The Morgan fingerprint density at radius 3 is 2.62 bits per heavy atom. The van der Waals surface area contributed by atoms with Crippen molar-refractivity contribution in [3.8, 4) is 0 Å². The van der Waals surface area contributed by atoms with E-state index in [0.717, 1.165) is 26.0 Å². The fourth-order valence-electron chi connectivity index (χ4n) is 1.14. The van der Waals surface area contributed by atoms with Gasteiger partial charge in [0.25, 0.3) is 0 Å². The highest BCUT2D eigenvalue weighted by Crippen LogP contribution is 2.04. The van der Waals surface area contributed by atoms with Crippen molar-refractivity contribution >= 4 is 0 Å². The van der Waals surface area contributed by atoms with Crippen LogP contribution in [0.4, 0.5) is 0 Å². The summed E-state index contributed by atoms with van der Waals surface area (Å²) >= 11 is 0. The summed E-state index contributed by atoms with van der Waals surface area (Å²) in [6.07, 6.45) is 1.73. The second kappa shape index (κ2) is 8.93. The van der Waals surface area contributed by atoms with Crippen LogP contribution in [0, 0.1) is 0 Å². The third-order valence-corrected chi connectivity index (χ3v) is 2.44. The Morgan fingerprint density at radius 2 is 2.06 bits per heavy atom. The van der Waals surface area contributed by atoms with E-state index in [9.17, 15) is 5.11 Å². The first-order valence-electron chi connectivity index (χ1n) is 6.03. The van der Waals surface area contributed by atoms with Gasteiger partial charge in [0.15, 0.2) is 0 Å². The van der Waals surface area contributed by atoms with Gasteiger partial charge in [0.05, 0.1) is 18.3 Å². The third-order valence-electron chi connectivity index (χ3n) is 2.44. The molecule has 0 aliphatic heterocycles. The SMILES string of the molecule is CCCCOCC(O)CNCC(C)(C)OC. The minimum absolute atomic E-state index is 0.192. The van der Waals surface area contributed by atoms with Gasteiger partial charge in [-0.3, -0.25) is 0 Å². The molecule has 0 rings (SSSR count). The monoisotopic (exact) mass is 233 g/mol. The number of rotatable bonds is 10. The van der Waals surface area contributed by atoms with Crippen molar-refractivity contribution in [3.63, 3.8) is 0 Å². The number of hydrogen-bond donors (Lipinski definition) is 2. The number of aliphatic hydroxyl groups is 1. The van der Waals surface area contributed by atoms with E-state index in [2.05, 4.69) is 12.2 Å². The van der Waals surface area contributed by atoms with Crippen molar-refractivity contribution in [3.05, 3.63) is 0 Å². The van der Waals surface area contributed by atoms with Crippen LogP contribution in [-0.4, -0.2) is 50.2 Å². The van der Waals surface area contributed by atoms with Gasteiger partial charge in [-0.05, 0) is 20.3 Å². The normalized spacial score (nSPS) is 14.1. The average Bonchev–Trinajstić information content (AvgIpc) is 2.24. The van der Waals surface area contributed by atoms with Crippen molar-refractivity contribution in [2.24, 2.45) is 0 Å². The summed E-state index contributed by atoms with van der Waals surface area (Å²) in [5.74, 6) is 0. The van der Waals surface area contributed by atoms with E-state index in [4.69, 9.17) is 9.47 Å². The zero-order valence-electron chi connectivity index (χ0n) is 11.1. The molecule has 4 heteroatoms. The molecule has 16 heavy (non-hydrogen) atoms. The van der Waals surface area contributed by atoms with E-state index >= 15 is 0 Å². The van der Waals surface area contributed by atoms with Gasteiger partial charge in [-0.1, -0.05) is 13.3 Å². The second-order valence-electron chi connectivity index (χ2n) is 4.68. The van der Waals surface area contributed by atoms with Gasteiger partial charge in [0.1, 0.15) is 0 Å². The van der Waals surface area contributed by atoms with Gasteiger partial charge in [-0.2, -0.15) is 0 Å². The first kappa shape index (κ1) is 15.8. The van der Waals surface area contributed by atoms with E-state index in [1.807, 2.05) is 13.8 Å². The summed E-state index contributed by atoms with van der Waals surface area (Å²) in [5, 5.41) is 12.8. The molecular formula is C12H27NO3. The van der Waals surface area contributed by atoms with Gasteiger partial charge in [-0.15, -0.1) is 0 Å². The summed E-state index contributed by atoms with van der Waals surface area (Å²) in [5.41, 5.74) is -0.192. The van der Waals surface area contributed by atoms with Gasteiger partial charge >= 0.3 is 0 Å². The van der Waals surface area contributed by atoms with Crippen molar-refractivity contribution < 1.29 is 14.6 Å². The van der Waals surface area contributed by atoms with Crippen molar-refractivity contribution in [2.75, 3.05) is 33.4 Å². The van der Waals surface area contributed by atoms with E-state index < -0.39 is 6.10 Å². The first-order valence-corrected chi connectivity index (χ1v) is 6.03. The fraction of sp³-hybridized carbons (Fsp3) is 1.00. The Hall–Kier alpha value is -0.160. The minimum Gasteiger partial charge on any atom is -0.389 e. The van der Waals surface area contributed by atoms with Gasteiger partial charge < -0.3 is 19.9 Å². The Balaban J connectivity index is 3.40. The van der Waals surface area contributed by atoms with Crippen LogP contribution in [0.3, 0.4) is 0 Å². The molecule has 0 amide bonds. The van der Waals surface area contributed by atoms with Crippen LogP contribution >= 0.6 is 0 Å². The first-order chi connectivity index (χ1) is 7.52. The Kier molecular flexibility index (Phi) is 8.84. The maximum atomic E-state index is 9.59. The van der Waals surface area contributed by atoms with Crippen molar-refractivity contribution in [1.29, 1.82) is 0 Å². The zero-order valence-corrected chi connectivity index (χ0v) is 11.1. The van der Waals surface area contributed by atoms with Crippen LogP contribution in [0.15, 0.2) is 0 Å². The molecule has 0 aromatic carbocycles. The van der Waals surface area contributed by atoms with Crippen LogP contribution in [0.1, 0.15) is 33.6 Å². The van der Waals surface area contributed by atoms with E-state index in [-0.39, 0.29) is 5.60 Å². The average molecular weight is 233 g/mol. The minimum atomic E-state index is -0.440. The molecule has 98 valence electrons. The van der Waals surface area contributed by atoms with Crippen molar-refractivity contribution in [2.45, 2.75) is 45.3 Å². The smallest absolute Gasteiger partial charge is 0.0897 e. The summed E-state index contributed by atoms with van der Waals surface area (Å²) < 4.78 is 10.6. The Morgan fingerprint density at radius 1 is 1.38 bits per heavy atom. The standard InChI is InChI=1S/C12H27NO3/c1-5-6-7-16-9-11(14)8-13-10-12(2,3)15-4/h11,13-14H,5-10H2,1-4H3. The number of ether oxygens (including phenoxy) is 2. The molecule has 1 atom stereocenters. The zero-order chi connectivity index (χ0) is 12.4. The summed E-state index contributed by atoms with van der Waals surface area (Å²) in [7, 11) is 1.69. The molecule has 0 aromatic heterocycles. The molecule has 0 heterocycles. The molecule has 2 N–H and O–H groups in total. The highest BCUT2D eigenvalue weighted by molar-refractivity contribution is 4.72. The largest absolute Gasteiger partial charge is 0.389 e. The van der Waals surface area contributed by atoms with Crippen LogP contribution in [-0.2, 0) is 9.47 Å². The van der Waals surface area contributed by atoms with Gasteiger partial charge in [0.2, 0.25) is 0 Å². The van der Waals surface area contributed by atoms with Crippen molar-refractivity contribution in [1.82, 2.24) is 5.32 Å². The number of unbranched alkanes of at least 4 members (excludes halogenated alkanes) is 1. The molecule has 0 radical (unpaired) electrons. The number of aliphatic hydroxyl groups excluding tert-OH is 1. The molecular weight excluding hydrogens is 206 g/mol. The quantitative estimate of drug-likeness (QED) is 0.556. The molecule has 0 saturated carbocycles. The molecule has 0 saturated heterocycles. The molecule has 1 unspecified atom stereocenters. The predicted molar refractivity (Wildman–Crippen MR) is 65.7 cm³/mol. The van der Waals surface area contributed by atoms with E-state index in [1.54, 1.807) is 7.11 Å².